The molecule has 2 rings (SSSR count). The van der Waals surface area contributed by atoms with Gasteiger partial charge in [-0.2, -0.15) is 0 Å². The molecule has 0 saturated carbocycles. The monoisotopic (exact) mass is 318 g/mol. The molecule has 20 heavy (non-hydrogen) atoms. The molecule has 2 atom stereocenters. The molecular weight excluding hydrogens is 296 g/mol. The van der Waals surface area contributed by atoms with Crippen molar-refractivity contribution < 1.29 is 13.2 Å². The molecule has 0 aromatic carbocycles. The molecule has 0 amide bonds. The standard InChI is InChI=1S/C13H22N2O3S2/c1-3-14-8-11-7-12(9-19-11)20(16,17)15-10(2)13-5-4-6-18-13/h7,9-10,13-15H,3-6,8H2,1-2H3. The second-order valence-electron chi connectivity index (χ2n) is 4.99. The van der Waals surface area contributed by atoms with Crippen LogP contribution in [0.25, 0.3) is 0 Å². The Balaban J connectivity index is 2.00. The second kappa shape index (κ2) is 7.00. The molecule has 2 N–H and O–H groups in total. The first kappa shape index (κ1) is 15.9. The highest BCUT2D eigenvalue weighted by Gasteiger charge is 2.27. The third-order valence-corrected chi connectivity index (χ3v) is 5.98. The first-order valence-electron chi connectivity index (χ1n) is 6.95. The van der Waals surface area contributed by atoms with Crippen molar-refractivity contribution in [1.82, 2.24) is 10.0 Å². The first-order chi connectivity index (χ1) is 9.53. The van der Waals surface area contributed by atoms with E-state index in [1.54, 1.807) is 11.4 Å². The van der Waals surface area contributed by atoms with Gasteiger partial charge in [0.2, 0.25) is 10.0 Å². The van der Waals surface area contributed by atoms with Crippen molar-refractivity contribution in [3.63, 3.8) is 0 Å². The summed E-state index contributed by atoms with van der Waals surface area (Å²) >= 11 is 1.46. The van der Waals surface area contributed by atoms with Crippen molar-refractivity contribution in [2.45, 2.75) is 50.3 Å². The molecule has 1 aromatic rings. The molecular formula is C13H22N2O3S2. The van der Waals surface area contributed by atoms with Crippen molar-refractivity contribution >= 4 is 21.4 Å². The number of thiophene rings is 1. The molecule has 114 valence electrons. The maximum Gasteiger partial charge on any atom is 0.241 e. The summed E-state index contributed by atoms with van der Waals surface area (Å²) in [7, 11) is -3.45. The van der Waals surface area contributed by atoms with E-state index < -0.39 is 10.0 Å². The Morgan fingerprint density at radius 1 is 1.55 bits per heavy atom. The highest BCUT2D eigenvalue weighted by Crippen LogP contribution is 2.21. The van der Waals surface area contributed by atoms with E-state index in [2.05, 4.69) is 10.0 Å². The predicted molar refractivity (Wildman–Crippen MR) is 80.5 cm³/mol. The van der Waals surface area contributed by atoms with Crippen LogP contribution in [0, 0.1) is 0 Å². The van der Waals surface area contributed by atoms with E-state index in [1.807, 2.05) is 13.8 Å². The summed E-state index contributed by atoms with van der Waals surface area (Å²) in [5.74, 6) is 0. The Morgan fingerprint density at radius 3 is 3.00 bits per heavy atom. The summed E-state index contributed by atoms with van der Waals surface area (Å²) < 4.78 is 32.8. The minimum absolute atomic E-state index is 0.00959. The summed E-state index contributed by atoms with van der Waals surface area (Å²) in [6, 6.07) is 1.54. The number of nitrogens with one attached hydrogen (secondary N) is 2. The van der Waals surface area contributed by atoms with E-state index in [1.165, 1.54) is 11.3 Å². The normalized spacial score (nSPS) is 21.2. The summed E-state index contributed by atoms with van der Waals surface area (Å²) in [5, 5.41) is 4.88. The van der Waals surface area contributed by atoms with Crippen LogP contribution in [0.1, 0.15) is 31.6 Å². The van der Waals surface area contributed by atoms with Gasteiger partial charge in [0, 0.05) is 29.5 Å². The van der Waals surface area contributed by atoms with Gasteiger partial charge in [-0.3, -0.25) is 0 Å². The van der Waals surface area contributed by atoms with Crippen LogP contribution in [0.3, 0.4) is 0 Å². The second-order valence-corrected chi connectivity index (χ2v) is 7.70. The predicted octanol–water partition coefficient (Wildman–Crippen LogP) is 1.70. The molecule has 0 radical (unpaired) electrons. The van der Waals surface area contributed by atoms with E-state index in [4.69, 9.17) is 4.74 Å². The van der Waals surface area contributed by atoms with Crippen LogP contribution in [-0.4, -0.2) is 33.7 Å². The van der Waals surface area contributed by atoms with Gasteiger partial charge in [0.1, 0.15) is 0 Å². The fourth-order valence-corrected chi connectivity index (χ4v) is 4.74. The molecule has 7 heteroatoms. The zero-order chi connectivity index (χ0) is 14.6. The van der Waals surface area contributed by atoms with E-state index in [9.17, 15) is 8.42 Å². The summed E-state index contributed by atoms with van der Waals surface area (Å²) in [6.45, 7) is 6.18. The lowest BCUT2D eigenvalue weighted by atomic mass is 10.1. The highest BCUT2D eigenvalue weighted by atomic mass is 32.2. The molecule has 1 saturated heterocycles. The third-order valence-electron chi connectivity index (χ3n) is 3.35. The van der Waals surface area contributed by atoms with Gasteiger partial charge < -0.3 is 10.1 Å². The van der Waals surface area contributed by atoms with Gasteiger partial charge in [-0.25, -0.2) is 13.1 Å². The highest BCUT2D eigenvalue weighted by molar-refractivity contribution is 7.89. The van der Waals surface area contributed by atoms with Crippen LogP contribution in [0.2, 0.25) is 0 Å². The zero-order valence-corrected chi connectivity index (χ0v) is 13.5. The Hall–Kier alpha value is -0.470. The van der Waals surface area contributed by atoms with Crippen molar-refractivity contribution in [3.05, 3.63) is 16.3 Å². The van der Waals surface area contributed by atoms with Crippen molar-refractivity contribution in [3.8, 4) is 0 Å². The average Bonchev–Trinajstić information content (AvgIpc) is 3.07. The Bertz CT molecular complexity index is 521. The lowest BCUT2D eigenvalue weighted by Gasteiger charge is -2.19. The molecule has 0 bridgehead atoms. The fraction of sp³-hybridized carbons (Fsp3) is 0.692. The molecule has 0 aliphatic carbocycles. The number of hydrogen-bond acceptors (Lipinski definition) is 5. The summed E-state index contributed by atoms with van der Waals surface area (Å²) in [6.07, 6.45) is 1.91. The minimum Gasteiger partial charge on any atom is -0.377 e. The maximum atomic E-state index is 12.3. The number of hydrogen-bond donors (Lipinski definition) is 2. The molecule has 1 aliphatic rings. The molecule has 1 aliphatic heterocycles. The molecule has 1 aromatic heterocycles. The van der Waals surface area contributed by atoms with Crippen LogP contribution in [-0.2, 0) is 21.3 Å². The number of ether oxygens (including phenoxy) is 1. The number of rotatable bonds is 7. The Morgan fingerprint density at radius 2 is 2.35 bits per heavy atom. The van der Waals surface area contributed by atoms with Gasteiger partial charge in [-0.05, 0) is 32.4 Å². The molecule has 1 fully saturated rings. The van der Waals surface area contributed by atoms with E-state index in [0.717, 1.165) is 30.9 Å². The van der Waals surface area contributed by atoms with E-state index in [0.29, 0.717) is 11.4 Å². The van der Waals surface area contributed by atoms with Crippen LogP contribution in [0.5, 0.6) is 0 Å². The molecule has 2 heterocycles. The lowest BCUT2D eigenvalue weighted by molar-refractivity contribution is 0.0902. The van der Waals surface area contributed by atoms with Gasteiger partial charge in [-0.15, -0.1) is 11.3 Å². The van der Waals surface area contributed by atoms with Crippen LogP contribution >= 0.6 is 11.3 Å². The van der Waals surface area contributed by atoms with E-state index in [-0.39, 0.29) is 12.1 Å². The van der Waals surface area contributed by atoms with Crippen molar-refractivity contribution in [2.24, 2.45) is 0 Å². The maximum absolute atomic E-state index is 12.3. The van der Waals surface area contributed by atoms with Crippen LogP contribution in [0.4, 0.5) is 0 Å². The van der Waals surface area contributed by atoms with Crippen LogP contribution < -0.4 is 10.0 Å². The Labute approximate surface area is 124 Å². The summed E-state index contributed by atoms with van der Waals surface area (Å²) in [5.41, 5.74) is 0. The Kier molecular flexibility index (Phi) is 5.57. The van der Waals surface area contributed by atoms with Gasteiger partial charge in [0.25, 0.3) is 0 Å². The fourth-order valence-electron chi connectivity index (χ4n) is 2.23. The molecule has 5 nitrogen and oxygen atoms in total. The largest absolute Gasteiger partial charge is 0.377 e. The van der Waals surface area contributed by atoms with Crippen LogP contribution in [0.15, 0.2) is 16.3 Å². The van der Waals surface area contributed by atoms with Gasteiger partial charge >= 0.3 is 0 Å². The molecule has 2 unspecified atom stereocenters. The average molecular weight is 318 g/mol. The molecule has 0 spiro atoms. The summed E-state index contributed by atoms with van der Waals surface area (Å²) in [4.78, 5) is 1.37. The minimum atomic E-state index is -3.45. The smallest absolute Gasteiger partial charge is 0.241 e. The van der Waals surface area contributed by atoms with Crippen molar-refractivity contribution in [2.75, 3.05) is 13.2 Å². The quantitative estimate of drug-likeness (QED) is 0.803. The SMILES string of the molecule is CCNCc1cc(S(=O)(=O)NC(C)C2CCCO2)cs1. The van der Waals surface area contributed by atoms with Gasteiger partial charge in [0.15, 0.2) is 0 Å². The third kappa shape index (κ3) is 4.02. The van der Waals surface area contributed by atoms with Gasteiger partial charge in [-0.1, -0.05) is 6.92 Å². The number of sulfonamides is 1. The van der Waals surface area contributed by atoms with Gasteiger partial charge in [0.05, 0.1) is 11.0 Å². The zero-order valence-electron chi connectivity index (χ0n) is 11.9. The topological polar surface area (TPSA) is 67.4 Å². The van der Waals surface area contributed by atoms with E-state index >= 15 is 0 Å². The van der Waals surface area contributed by atoms with Crippen molar-refractivity contribution in [1.29, 1.82) is 0 Å². The first-order valence-corrected chi connectivity index (χ1v) is 9.31. The lowest BCUT2D eigenvalue weighted by Crippen LogP contribution is -2.40.